The van der Waals surface area contributed by atoms with E-state index in [2.05, 4.69) is 25.9 Å². The zero-order valence-corrected chi connectivity index (χ0v) is 12.5. The first-order valence-electron chi connectivity index (χ1n) is 6.45. The number of aromatic nitrogens is 5. The number of nitrogens with zero attached hydrogens (tertiary/aromatic N) is 5. The maximum absolute atomic E-state index is 6.14. The van der Waals surface area contributed by atoms with Crippen LogP contribution in [-0.4, -0.2) is 31.8 Å². The van der Waals surface area contributed by atoms with E-state index in [4.69, 9.17) is 23.2 Å². The standard InChI is InChI=1S/C13H12Cl2N6/c14-10-4-3-9(11(15)8-10)2-1-7-16-12-5-6-13-17-19-20-21(13)18-12/h3-6,8H,1-2,7H2,(H,16,18). The van der Waals surface area contributed by atoms with E-state index in [0.29, 0.717) is 15.7 Å². The molecule has 8 heteroatoms. The highest BCUT2D eigenvalue weighted by Crippen LogP contribution is 2.22. The number of halogens is 2. The molecule has 0 aliphatic heterocycles. The Kier molecular flexibility index (Phi) is 4.17. The first-order chi connectivity index (χ1) is 10.2. The van der Waals surface area contributed by atoms with Gasteiger partial charge >= 0.3 is 0 Å². The molecule has 6 nitrogen and oxygen atoms in total. The van der Waals surface area contributed by atoms with Crippen molar-refractivity contribution in [3.05, 3.63) is 45.9 Å². The van der Waals surface area contributed by atoms with Crippen molar-refractivity contribution in [1.82, 2.24) is 25.3 Å². The number of aryl methyl sites for hydroxylation is 1. The Hall–Kier alpha value is -1.92. The fourth-order valence-corrected chi connectivity index (χ4v) is 2.47. The smallest absolute Gasteiger partial charge is 0.200 e. The monoisotopic (exact) mass is 322 g/mol. The lowest BCUT2D eigenvalue weighted by Crippen LogP contribution is -2.07. The van der Waals surface area contributed by atoms with Crippen LogP contribution >= 0.6 is 23.2 Å². The lowest BCUT2D eigenvalue weighted by molar-refractivity contribution is 0.732. The Morgan fingerprint density at radius 1 is 1.14 bits per heavy atom. The average molecular weight is 323 g/mol. The molecule has 0 saturated carbocycles. The Morgan fingerprint density at radius 2 is 2.05 bits per heavy atom. The number of anilines is 1. The van der Waals surface area contributed by atoms with Gasteiger partial charge < -0.3 is 5.32 Å². The van der Waals surface area contributed by atoms with Gasteiger partial charge in [0.1, 0.15) is 5.82 Å². The van der Waals surface area contributed by atoms with Gasteiger partial charge in [-0.3, -0.25) is 0 Å². The summed E-state index contributed by atoms with van der Waals surface area (Å²) in [5.41, 5.74) is 1.71. The molecule has 2 aromatic heterocycles. The van der Waals surface area contributed by atoms with Crippen LogP contribution in [0, 0.1) is 0 Å². The molecule has 0 aliphatic carbocycles. The third-order valence-electron chi connectivity index (χ3n) is 3.01. The predicted octanol–water partition coefficient (Wildman–Crippen LogP) is 2.87. The molecule has 1 N–H and O–H groups in total. The molecule has 0 fully saturated rings. The quantitative estimate of drug-likeness (QED) is 0.731. The Labute approximate surface area is 131 Å². The van der Waals surface area contributed by atoms with Crippen molar-refractivity contribution >= 4 is 34.7 Å². The summed E-state index contributed by atoms with van der Waals surface area (Å²) in [5.74, 6) is 0.733. The molecule has 2 heterocycles. The number of fused-ring (bicyclic) bond motifs is 1. The van der Waals surface area contributed by atoms with Gasteiger partial charge in [0.05, 0.1) is 0 Å². The summed E-state index contributed by atoms with van der Waals surface area (Å²) in [7, 11) is 0. The highest BCUT2D eigenvalue weighted by atomic mass is 35.5. The van der Waals surface area contributed by atoms with Crippen LogP contribution in [0.2, 0.25) is 10.0 Å². The zero-order valence-electron chi connectivity index (χ0n) is 11.0. The van der Waals surface area contributed by atoms with Crippen LogP contribution < -0.4 is 5.32 Å². The van der Waals surface area contributed by atoms with E-state index in [1.165, 1.54) is 4.63 Å². The molecule has 0 atom stereocenters. The normalized spacial score (nSPS) is 11.0. The number of tetrazole rings is 1. The van der Waals surface area contributed by atoms with Gasteiger partial charge in [0.25, 0.3) is 0 Å². The maximum Gasteiger partial charge on any atom is 0.200 e. The first-order valence-corrected chi connectivity index (χ1v) is 7.21. The molecule has 108 valence electrons. The summed E-state index contributed by atoms with van der Waals surface area (Å²) < 4.78 is 1.39. The molecule has 21 heavy (non-hydrogen) atoms. The van der Waals surface area contributed by atoms with E-state index in [1.54, 1.807) is 6.07 Å². The summed E-state index contributed by atoms with van der Waals surface area (Å²) >= 11 is 12.0. The van der Waals surface area contributed by atoms with Crippen LogP contribution in [0.3, 0.4) is 0 Å². The molecule has 1 aromatic carbocycles. The molecule has 0 radical (unpaired) electrons. The minimum absolute atomic E-state index is 0.619. The summed E-state index contributed by atoms with van der Waals surface area (Å²) in [4.78, 5) is 0. The molecule has 0 bridgehead atoms. The molecule has 0 saturated heterocycles. The van der Waals surface area contributed by atoms with E-state index in [-0.39, 0.29) is 0 Å². The molecule has 3 rings (SSSR count). The third-order valence-corrected chi connectivity index (χ3v) is 3.60. The van der Waals surface area contributed by atoms with Gasteiger partial charge in [0.2, 0.25) is 0 Å². The summed E-state index contributed by atoms with van der Waals surface area (Å²) in [6.07, 6.45) is 1.80. The molecule has 0 spiro atoms. The highest BCUT2D eigenvalue weighted by Gasteiger charge is 2.02. The van der Waals surface area contributed by atoms with Crippen LogP contribution in [0.1, 0.15) is 12.0 Å². The maximum atomic E-state index is 6.14. The Morgan fingerprint density at radius 3 is 2.90 bits per heavy atom. The lowest BCUT2D eigenvalue weighted by Gasteiger charge is -2.07. The van der Waals surface area contributed by atoms with Crippen LogP contribution in [0.15, 0.2) is 30.3 Å². The minimum Gasteiger partial charge on any atom is -0.369 e. The topological polar surface area (TPSA) is 68.0 Å². The van der Waals surface area contributed by atoms with Crippen LogP contribution in [-0.2, 0) is 6.42 Å². The fraction of sp³-hybridized carbons (Fsp3) is 0.231. The second kappa shape index (κ2) is 6.24. The van der Waals surface area contributed by atoms with Crippen molar-refractivity contribution in [2.75, 3.05) is 11.9 Å². The van der Waals surface area contributed by atoms with Crippen molar-refractivity contribution in [1.29, 1.82) is 0 Å². The fourth-order valence-electron chi connectivity index (χ4n) is 1.96. The van der Waals surface area contributed by atoms with E-state index in [9.17, 15) is 0 Å². The van der Waals surface area contributed by atoms with Gasteiger partial charge in [-0.05, 0) is 53.1 Å². The van der Waals surface area contributed by atoms with Gasteiger partial charge in [-0.1, -0.05) is 29.3 Å². The summed E-state index contributed by atoms with van der Waals surface area (Å²) in [5, 5.41) is 19.9. The highest BCUT2D eigenvalue weighted by molar-refractivity contribution is 6.35. The Balaban J connectivity index is 1.53. The van der Waals surface area contributed by atoms with Gasteiger partial charge in [-0.25, -0.2) is 0 Å². The molecular weight excluding hydrogens is 311 g/mol. The van der Waals surface area contributed by atoms with Crippen LogP contribution in [0.5, 0.6) is 0 Å². The first kappa shape index (κ1) is 14.0. The average Bonchev–Trinajstić information content (AvgIpc) is 2.93. The van der Waals surface area contributed by atoms with Gasteiger partial charge in [-0.2, -0.15) is 0 Å². The van der Waals surface area contributed by atoms with Crippen molar-refractivity contribution in [2.24, 2.45) is 0 Å². The largest absolute Gasteiger partial charge is 0.369 e. The van der Waals surface area contributed by atoms with Crippen LogP contribution in [0.25, 0.3) is 5.65 Å². The van der Waals surface area contributed by atoms with Crippen molar-refractivity contribution < 1.29 is 0 Å². The van der Waals surface area contributed by atoms with E-state index >= 15 is 0 Å². The molecule has 3 aromatic rings. The number of nitrogens with one attached hydrogen (secondary N) is 1. The predicted molar refractivity (Wildman–Crippen MR) is 81.8 cm³/mol. The zero-order chi connectivity index (χ0) is 14.7. The van der Waals surface area contributed by atoms with Crippen molar-refractivity contribution in [2.45, 2.75) is 12.8 Å². The second-order valence-electron chi connectivity index (χ2n) is 4.51. The van der Waals surface area contributed by atoms with E-state index < -0.39 is 0 Å². The SMILES string of the molecule is Clc1ccc(CCCNc2ccc3nnnn3n2)c(Cl)c1. The number of hydrogen-bond donors (Lipinski definition) is 1. The van der Waals surface area contributed by atoms with Crippen LogP contribution in [0.4, 0.5) is 5.82 Å². The van der Waals surface area contributed by atoms with Gasteiger partial charge in [0, 0.05) is 16.6 Å². The molecular formula is C13H12Cl2N6. The van der Waals surface area contributed by atoms with E-state index in [0.717, 1.165) is 30.8 Å². The number of benzene rings is 1. The van der Waals surface area contributed by atoms with E-state index in [1.807, 2.05) is 24.3 Å². The molecule has 0 aliphatic rings. The van der Waals surface area contributed by atoms with Crippen molar-refractivity contribution in [3.63, 3.8) is 0 Å². The van der Waals surface area contributed by atoms with Crippen molar-refractivity contribution in [3.8, 4) is 0 Å². The summed E-state index contributed by atoms with van der Waals surface area (Å²) in [6, 6.07) is 9.23. The Bertz CT molecular complexity index is 757. The minimum atomic E-state index is 0.619. The number of hydrogen-bond acceptors (Lipinski definition) is 5. The molecule has 0 unspecified atom stereocenters. The number of rotatable bonds is 5. The molecule has 0 amide bonds. The van der Waals surface area contributed by atoms with Gasteiger partial charge in [-0.15, -0.1) is 14.8 Å². The summed E-state index contributed by atoms with van der Waals surface area (Å²) in [6.45, 7) is 0.777. The third kappa shape index (κ3) is 3.40. The lowest BCUT2D eigenvalue weighted by atomic mass is 10.1. The second-order valence-corrected chi connectivity index (χ2v) is 5.35. The van der Waals surface area contributed by atoms with Gasteiger partial charge in [0.15, 0.2) is 5.65 Å².